The molecule has 14 heavy (non-hydrogen) atoms. The quantitative estimate of drug-likeness (QED) is 0.774. The van der Waals surface area contributed by atoms with E-state index in [1.165, 1.54) is 12.8 Å². The van der Waals surface area contributed by atoms with E-state index < -0.39 is 0 Å². The summed E-state index contributed by atoms with van der Waals surface area (Å²) in [4.78, 5) is 4.12. The molecule has 1 fully saturated rings. The number of alkyl halides is 1. The zero-order valence-corrected chi connectivity index (χ0v) is 9.00. The highest BCUT2D eigenvalue weighted by Gasteiger charge is 2.14. The van der Waals surface area contributed by atoms with Crippen LogP contribution < -0.4 is 5.32 Å². The van der Waals surface area contributed by atoms with Gasteiger partial charge in [0.15, 0.2) is 0 Å². The number of nitrogens with zero attached hydrogens (tertiary/aromatic N) is 2. The van der Waals surface area contributed by atoms with Gasteiger partial charge in [0, 0.05) is 12.7 Å². The molecule has 0 unspecified atom stereocenters. The number of hydrogen-bond acceptors (Lipinski definition) is 2. The van der Waals surface area contributed by atoms with Gasteiger partial charge in [-0.3, -0.25) is 0 Å². The summed E-state index contributed by atoms with van der Waals surface area (Å²) in [5.74, 6) is 1.35. The molecule has 0 saturated carbocycles. The van der Waals surface area contributed by atoms with Crippen LogP contribution in [0.15, 0.2) is 12.5 Å². The van der Waals surface area contributed by atoms with Gasteiger partial charge in [0.05, 0.1) is 17.9 Å². The molecule has 2 rings (SSSR count). The Morgan fingerprint density at radius 3 is 3.00 bits per heavy atom. The van der Waals surface area contributed by atoms with E-state index in [9.17, 15) is 0 Å². The fourth-order valence-electron chi connectivity index (χ4n) is 1.97. The molecule has 0 bridgehead atoms. The van der Waals surface area contributed by atoms with Gasteiger partial charge in [0.1, 0.15) is 0 Å². The van der Waals surface area contributed by atoms with Crippen molar-refractivity contribution in [2.24, 2.45) is 5.92 Å². The van der Waals surface area contributed by atoms with Crippen molar-refractivity contribution in [3.05, 3.63) is 18.2 Å². The lowest BCUT2D eigenvalue weighted by Gasteiger charge is -2.23. The zero-order chi connectivity index (χ0) is 9.80. The van der Waals surface area contributed by atoms with E-state index in [4.69, 9.17) is 11.6 Å². The third kappa shape index (κ3) is 2.28. The van der Waals surface area contributed by atoms with E-state index in [1.807, 2.05) is 12.5 Å². The molecule has 1 aliphatic heterocycles. The van der Waals surface area contributed by atoms with Gasteiger partial charge < -0.3 is 9.88 Å². The van der Waals surface area contributed by atoms with Gasteiger partial charge in [-0.2, -0.15) is 0 Å². The van der Waals surface area contributed by atoms with Crippen molar-refractivity contribution in [2.45, 2.75) is 25.3 Å². The number of halogens is 1. The molecule has 0 aromatic carbocycles. The van der Waals surface area contributed by atoms with Gasteiger partial charge in [-0.05, 0) is 31.8 Å². The van der Waals surface area contributed by atoms with Crippen LogP contribution >= 0.6 is 11.6 Å². The molecule has 1 saturated heterocycles. The molecule has 1 aromatic rings. The van der Waals surface area contributed by atoms with Crippen molar-refractivity contribution in [3.63, 3.8) is 0 Å². The Hall–Kier alpha value is -0.540. The summed E-state index contributed by atoms with van der Waals surface area (Å²) < 4.78 is 2.18. The van der Waals surface area contributed by atoms with E-state index in [0.29, 0.717) is 5.88 Å². The summed E-state index contributed by atoms with van der Waals surface area (Å²) in [6.07, 6.45) is 6.27. The molecule has 0 radical (unpaired) electrons. The van der Waals surface area contributed by atoms with Crippen molar-refractivity contribution >= 4 is 11.6 Å². The largest absolute Gasteiger partial charge is 0.333 e. The Morgan fingerprint density at radius 2 is 2.29 bits per heavy atom. The first-order chi connectivity index (χ1) is 6.90. The minimum absolute atomic E-state index is 0.560. The summed E-state index contributed by atoms with van der Waals surface area (Å²) in [6.45, 7) is 3.37. The molecule has 3 nitrogen and oxygen atoms in total. The van der Waals surface area contributed by atoms with Crippen molar-refractivity contribution in [2.75, 3.05) is 13.1 Å². The summed E-state index contributed by atoms with van der Waals surface area (Å²) in [5, 5.41) is 3.37. The number of nitrogens with one attached hydrogen (secondary N) is 1. The van der Waals surface area contributed by atoms with E-state index in [2.05, 4.69) is 14.9 Å². The van der Waals surface area contributed by atoms with Crippen LogP contribution in [0.5, 0.6) is 0 Å². The predicted octanol–water partition coefficient (Wildman–Crippen LogP) is 1.62. The van der Waals surface area contributed by atoms with Gasteiger partial charge >= 0.3 is 0 Å². The lowest BCUT2D eigenvalue weighted by atomic mass is 9.98. The summed E-state index contributed by atoms with van der Waals surface area (Å²) in [7, 11) is 0. The maximum Gasteiger partial charge on any atom is 0.0948 e. The van der Waals surface area contributed by atoms with Crippen LogP contribution in [0.1, 0.15) is 18.5 Å². The highest BCUT2D eigenvalue weighted by molar-refractivity contribution is 6.16. The van der Waals surface area contributed by atoms with Gasteiger partial charge in [0.25, 0.3) is 0 Å². The molecule has 0 atom stereocenters. The van der Waals surface area contributed by atoms with Crippen LogP contribution in [0.3, 0.4) is 0 Å². The predicted molar refractivity (Wildman–Crippen MR) is 57.4 cm³/mol. The van der Waals surface area contributed by atoms with E-state index in [0.717, 1.165) is 31.2 Å². The monoisotopic (exact) mass is 213 g/mol. The third-order valence-corrected chi connectivity index (χ3v) is 3.12. The Bertz CT molecular complexity index is 279. The van der Waals surface area contributed by atoms with Gasteiger partial charge in [-0.1, -0.05) is 0 Å². The Kier molecular flexibility index (Phi) is 3.43. The standard InChI is InChI=1S/C10H16ClN3/c11-5-10-6-13-8-14(10)7-9-1-3-12-4-2-9/h6,8-9,12H,1-5,7H2. The molecule has 0 amide bonds. The third-order valence-electron chi connectivity index (χ3n) is 2.85. The molecular weight excluding hydrogens is 198 g/mol. The molecule has 78 valence electrons. The zero-order valence-electron chi connectivity index (χ0n) is 8.25. The molecule has 4 heteroatoms. The average Bonchev–Trinajstić information content (AvgIpc) is 2.67. The molecule has 0 spiro atoms. The molecule has 1 N–H and O–H groups in total. The molecule has 1 aromatic heterocycles. The van der Waals surface area contributed by atoms with Crippen molar-refractivity contribution in [1.82, 2.24) is 14.9 Å². The number of piperidine rings is 1. The summed E-state index contributed by atoms with van der Waals surface area (Å²) >= 11 is 5.82. The highest BCUT2D eigenvalue weighted by atomic mass is 35.5. The van der Waals surface area contributed by atoms with Crippen LogP contribution in [0.4, 0.5) is 0 Å². The van der Waals surface area contributed by atoms with Gasteiger partial charge in [-0.15, -0.1) is 11.6 Å². The first-order valence-corrected chi connectivity index (χ1v) is 5.69. The topological polar surface area (TPSA) is 29.9 Å². The first kappa shape index (κ1) is 9.99. The lowest BCUT2D eigenvalue weighted by molar-refractivity contribution is 0.331. The summed E-state index contributed by atoms with van der Waals surface area (Å²) in [5.41, 5.74) is 1.13. The number of hydrogen-bond donors (Lipinski definition) is 1. The van der Waals surface area contributed by atoms with Crippen LogP contribution in [0, 0.1) is 5.92 Å². The minimum atomic E-state index is 0.560. The number of rotatable bonds is 3. The SMILES string of the molecule is ClCc1cncn1CC1CCNCC1. The van der Waals surface area contributed by atoms with Crippen LogP contribution in [-0.4, -0.2) is 22.6 Å². The lowest BCUT2D eigenvalue weighted by Crippen LogP contribution is -2.30. The van der Waals surface area contributed by atoms with Crippen LogP contribution in [-0.2, 0) is 12.4 Å². The second-order valence-corrected chi connectivity index (χ2v) is 4.13. The first-order valence-electron chi connectivity index (χ1n) is 5.16. The van der Waals surface area contributed by atoms with Gasteiger partial charge in [-0.25, -0.2) is 4.98 Å². The van der Waals surface area contributed by atoms with Crippen LogP contribution in [0.2, 0.25) is 0 Å². The maximum atomic E-state index is 5.82. The average molecular weight is 214 g/mol. The number of imidazole rings is 1. The Balaban J connectivity index is 1.95. The fraction of sp³-hybridized carbons (Fsp3) is 0.700. The molecule has 0 aliphatic carbocycles. The fourth-order valence-corrected chi connectivity index (χ4v) is 2.19. The minimum Gasteiger partial charge on any atom is -0.333 e. The molecule has 2 heterocycles. The Morgan fingerprint density at radius 1 is 1.50 bits per heavy atom. The Labute approximate surface area is 89.5 Å². The molecular formula is C10H16ClN3. The normalized spacial score (nSPS) is 18.6. The van der Waals surface area contributed by atoms with Gasteiger partial charge in [0.2, 0.25) is 0 Å². The second kappa shape index (κ2) is 4.80. The maximum absolute atomic E-state index is 5.82. The second-order valence-electron chi connectivity index (χ2n) is 3.86. The van der Waals surface area contributed by atoms with E-state index in [1.54, 1.807) is 0 Å². The summed E-state index contributed by atoms with van der Waals surface area (Å²) in [6, 6.07) is 0. The smallest absolute Gasteiger partial charge is 0.0948 e. The molecule has 1 aliphatic rings. The van der Waals surface area contributed by atoms with Crippen molar-refractivity contribution in [1.29, 1.82) is 0 Å². The van der Waals surface area contributed by atoms with E-state index >= 15 is 0 Å². The number of aromatic nitrogens is 2. The van der Waals surface area contributed by atoms with Crippen molar-refractivity contribution in [3.8, 4) is 0 Å². The highest BCUT2D eigenvalue weighted by Crippen LogP contribution is 2.15. The van der Waals surface area contributed by atoms with Crippen molar-refractivity contribution < 1.29 is 0 Å². The van der Waals surface area contributed by atoms with E-state index in [-0.39, 0.29) is 0 Å². The van der Waals surface area contributed by atoms with Crippen LogP contribution in [0.25, 0.3) is 0 Å².